The van der Waals surface area contributed by atoms with Gasteiger partial charge in [0.05, 0.1) is 6.10 Å². The summed E-state index contributed by atoms with van der Waals surface area (Å²) < 4.78 is 0. The maximum atomic E-state index is 13.0. The minimum absolute atomic E-state index is 0. The Bertz CT molecular complexity index is 654. The van der Waals surface area contributed by atoms with Crippen molar-refractivity contribution in [1.82, 2.24) is 15.1 Å². The normalized spacial score (nSPS) is 22.2. The average molecular weight is 458 g/mol. The molecular formula is C23H37Cl2N3O2. The summed E-state index contributed by atoms with van der Waals surface area (Å²) in [5, 5.41) is 13.1. The van der Waals surface area contributed by atoms with Crippen LogP contribution in [0.15, 0.2) is 24.3 Å². The number of benzene rings is 1. The molecule has 0 aliphatic carbocycles. The van der Waals surface area contributed by atoms with Gasteiger partial charge in [0, 0.05) is 37.8 Å². The Morgan fingerprint density at radius 2 is 1.63 bits per heavy atom. The van der Waals surface area contributed by atoms with Crippen LogP contribution < -0.4 is 5.32 Å². The van der Waals surface area contributed by atoms with Gasteiger partial charge in [-0.2, -0.15) is 0 Å². The van der Waals surface area contributed by atoms with E-state index in [2.05, 4.69) is 28.4 Å². The summed E-state index contributed by atoms with van der Waals surface area (Å²) in [6.07, 6.45) is 7.33. The van der Waals surface area contributed by atoms with E-state index in [1.54, 1.807) is 0 Å². The number of aliphatic hydroxyl groups is 1. The zero-order chi connectivity index (χ0) is 19.3. The summed E-state index contributed by atoms with van der Waals surface area (Å²) in [6, 6.07) is 8.91. The molecule has 3 aliphatic heterocycles. The Morgan fingerprint density at radius 1 is 0.967 bits per heavy atom. The molecule has 1 aromatic rings. The fourth-order valence-electron chi connectivity index (χ4n) is 5.12. The topological polar surface area (TPSA) is 55.8 Å². The van der Waals surface area contributed by atoms with Gasteiger partial charge in [-0.1, -0.05) is 12.1 Å². The lowest BCUT2D eigenvalue weighted by Crippen LogP contribution is -2.49. The van der Waals surface area contributed by atoms with Gasteiger partial charge in [-0.05, 0) is 81.6 Å². The van der Waals surface area contributed by atoms with Crippen LogP contribution in [0.3, 0.4) is 0 Å². The maximum Gasteiger partial charge on any atom is 0.253 e. The zero-order valence-corrected chi connectivity index (χ0v) is 19.4. The second-order valence-electron chi connectivity index (χ2n) is 8.89. The number of likely N-dealkylation sites (tertiary alicyclic amines) is 2. The molecule has 3 saturated heterocycles. The van der Waals surface area contributed by atoms with Gasteiger partial charge < -0.3 is 20.2 Å². The molecule has 0 spiro atoms. The van der Waals surface area contributed by atoms with Crippen molar-refractivity contribution in [2.75, 3.05) is 39.3 Å². The van der Waals surface area contributed by atoms with Crippen LogP contribution in [-0.4, -0.2) is 72.2 Å². The third-order valence-corrected chi connectivity index (χ3v) is 6.92. The maximum absolute atomic E-state index is 13.0. The largest absolute Gasteiger partial charge is 0.393 e. The van der Waals surface area contributed by atoms with Gasteiger partial charge in [-0.3, -0.25) is 4.79 Å². The molecule has 2 N–H and O–H groups in total. The Balaban J connectivity index is 0.00000160. The van der Waals surface area contributed by atoms with Gasteiger partial charge in [-0.25, -0.2) is 0 Å². The lowest BCUT2D eigenvalue weighted by atomic mass is 9.90. The number of halogens is 2. The second kappa shape index (κ2) is 12.3. The van der Waals surface area contributed by atoms with E-state index in [4.69, 9.17) is 0 Å². The van der Waals surface area contributed by atoms with Crippen molar-refractivity contribution in [2.24, 2.45) is 5.92 Å². The molecule has 0 unspecified atom stereocenters. The predicted octanol–water partition coefficient (Wildman–Crippen LogP) is 3.13. The highest BCUT2D eigenvalue weighted by Gasteiger charge is 2.29. The van der Waals surface area contributed by atoms with Gasteiger partial charge in [0.15, 0.2) is 0 Å². The van der Waals surface area contributed by atoms with Gasteiger partial charge in [0.25, 0.3) is 5.91 Å². The Kier molecular flexibility index (Phi) is 10.4. The Morgan fingerprint density at radius 3 is 2.30 bits per heavy atom. The lowest BCUT2D eigenvalue weighted by Gasteiger charge is -2.41. The molecule has 1 aromatic carbocycles. The number of hydrogen-bond acceptors (Lipinski definition) is 4. The molecule has 0 radical (unpaired) electrons. The molecule has 0 saturated carbocycles. The van der Waals surface area contributed by atoms with E-state index in [9.17, 15) is 9.90 Å². The third kappa shape index (κ3) is 6.57. The van der Waals surface area contributed by atoms with Crippen LogP contribution in [0.5, 0.6) is 0 Å². The van der Waals surface area contributed by atoms with Crippen molar-refractivity contribution >= 4 is 30.7 Å². The van der Waals surface area contributed by atoms with E-state index < -0.39 is 0 Å². The molecule has 0 aromatic heterocycles. The lowest BCUT2D eigenvalue weighted by molar-refractivity contribution is 0.0357. The minimum Gasteiger partial charge on any atom is -0.393 e. The first-order valence-electron chi connectivity index (χ1n) is 11.2. The monoisotopic (exact) mass is 457 g/mol. The summed E-state index contributed by atoms with van der Waals surface area (Å²) in [5.74, 6) is 0.935. The number of amides is 1. The van der Waals surface area contributed by atoms with Crippen molar-refractivity contribution in [3.05, 3.63) is 35.4 Å². The van der Waals surface area contributed by atoms with Crippen molar-refractivity contribution in [1.29, 1.82) is 0 Å². The van der Waals surface area contributed by atoms with Gasteiger partial charge >= 0.3 is 0 Å². The first kappa shape index (κ1) is 25.4. The van der Waals surface area contributed by atoms with Crippen molar-refractivity contribution in [3.63, 3.8) is 0 Å². The van der Waals surface area contributed by atoms with Crippen LogP contribution in [0.1, 0.15) is 54.4 Å². The van der Waals surface area contributed by atoms with Gasteiger partial charge in [0.1, 0.15) is 0 Å². The number of rotatable bonds is 4. The number of nitrogens with one attached hydrogen (secondary N) is 1. The van der Waals surface area contributed by atoms with Crippen molar-refractivity contribution < 1.29 is 9.90 Å². The molecule has 3 aliphatic rings. The van der Waals surface area contributed by atoms with Gasteiger partial charge in [-0.15, -0.1) is 24.8 Å². The molecule has 30 heavy (non-hydrogen) atoms. The molecular weight excluding hydrogens is 421 g/mol. The number of carbonyl (C=O) groups is 1. The van der Waals surface area contributed by atoms with E-state index in [1.165, 1.54) is 18.4 Å². The van der Waals surface area contributed by atoms with Crippen LogP contribution >= 0.6 is 24.8 Å². The Hall–Kier alpha value is -0.850. The molecule has 0 bridgehead atoms. The number of hydrogen-bond donors (Lipinski definition) is 2. The van der Waals surface area contributed by atoms with Gasteiger partial charge in [0.2, 0.25) is 0 Å². The molecule has 5 nitrogen and oxygen atoms in total. The van der Waals surface area contributed by atoms with Crippen LogP contribution in [0, 0.1) is 5.92 Å². The van der Waals surface area contributed by atoms with Crippen molar-refractivity contribution in [3.8, 4) is 0 Å². The molecule has 3 fully saturated rings. The molecule has 4 rings (SSSR count). The summed E-state index contributed by atoms with van der Waals surface area (Å²) in [4.78, 5) is 17.6. The second-order valence-corrected chi connectivity index (χ2v) is 8.89. The van der Waals surface area contributed by atoms with Crippen molar-refractivity contribution in [2.45, 2.75) is 57.1 Å². The van der Waals surface area contributed by atoms with E-state index in [0.29, 0.717) is 6.04 Å². The number of piperidine rings is 3. The first-order chi connectivity index (χ1) is 13.7. The fraction of sp³-hybridized carbons (Fsp3) is 0.696. The zero-order valence-electron chi connectivity index (χ0n) is 17.8. The quantitative estimate of drug-likeness (QED) is 0.728. The summed E-state index contributed by atoms with van der Waals surface area (Å²) in [6.45, 7) is 5.93. The van der Waals surface area contributed by atoms with Crippen LogP contribution in [0.25, 0.3) is 0 Å². The highest BCUT2D eigenvalue weighted by Crippen LogP contribution is 2.23. The SMILES string of the molecule is Cl.Cl.O=C(c1cccc(CC2CCNCC2)c1)N1CCC(N2CCC(O)CC2)CC1. The predicted molar refractivity (Wildman–Crippen MR) is 126 cm³/mol. The van der Waals surface area contributed by atoms with Crippen LogP contribution in [-0.2, 0) is 6.42 Å². The third-order valence-electron chi connectivity index (χ3n) is 6.92. The number of aliphatic hydroxyl groups excluding tert-OH is 1. The Labute approximate surface area is 193 Å². The average Bonchev–Trinajstić information content (AvgIpc) is 2.75. The van der Waals surface area contributed by atoms with E-state index >= 15 is 0 Å². The van der Waals surface area contributed by atoms with Crippen LogP contribution in [0.2, 0.25) is 0 Å². The smallest absolute Gasteiger partial charge is 0.253 e. The summed E-state index contributed by atoms with van der Waals surface area (Å²) in [5.41, 5.74) is 2.16. The standard InChI is InChI=1S/C23H35N3O2.2ClH/c27-22-8-14-25(15-9-22)21-6-12-26(13-7-21)23(28)20-3-1-2-19(17-20)16-18-4-10-24-11-5-18;;/h1-3,17-18,21-22,24,27H,4-16H2;2*1H. The van der Waals surface area contributed by atoms with Crippen LogP contribution in [0.4, 0.5) is 0 Å². The van der Waals surface area contributed by atoms with E-state index in [-0.39, 0.29) is 36.8 Å². The minimum atomic E-state index is -0.116. The molecule has 170 valence electrons. The first-order valence-corrected chi connectivity index (χ1v) is 11.2. The molecule has 7 heteroatoms. The molecule has 3 heterocycles. The summed E-state index contributed by atoms with van der Waals surface area (Å²) in [7, 11) is 0. The fourth-order valence-corrected chi connectivity index (χ4v) is 5.12. The highest BCUT2D eigenvalue weighted by molar-refractivity contribution is 5.94. The van der Waals surface area contributed by atoms with E-state index in [0.717, 1.165) is 82.9 Å². The highest BCUT2D eigenvalue weighted by atomic mass is 35.5. The summed E-state index contributed by atoms with van der Waals surface area (Å²) >= 11 is 0. The molecule has 1 amide bonds. The number of carbonyl (C=O) groups excluding carboxylic acids is 1. The van der Waals surface area contributed by atoms with E-state index in [1.807, 2.05) is 11.0 Å². The molecule has 0 atom stereocenters. The number of nitrogens with zero attached hydrogens (tertiary/aromatic N) is 2.